The van der Waals surface area contributed by atoms with E-state index in [1.165, 1.54) is 0 Å². The Kier molecular flexibility index (Phi) is 4.12. The Morgan fingerprint density at radius 3 is 2.35 bits per heavy atom. The average molecular weight is 237 g/mol. The molecular formula is C13H19NO3. The lowest BCUT2D eigenvalue weighted by atomic mass is 9.87. The normalized spacial score (nSPS) is 33.6. The molecule has 4 N–H and O–H groups in total. The SMILES string of the molecule is O[C@H]1[C@@H](NCc2ccccc2)[C@H](O)CC[C@@H]1O. The van der Waals surface area contributed by atoms with Crippen molar-refractivity contribution < 1.29 is 15.3 Å². The maximum absolute atomic E-state index is 9.81. The third kappa shape index (κ3) is 3.04. The van der Waals surface area contributed by atoms with Crippen molar-refractivity contribution >= 4 is 0 Å². The van der Waals surface area contributed by atoms with Crippen LogP contribution in [0.15, 0.2) is 30.3 Å². The Bertz CT molecular complexity index is 344. The van der Waals surface area contributed by atoms with E-state index in [-0.39, 0.29) is 0 Å². The summed E-state index contributed by atoms with van der Waals surface area (Å²) in [6, 6.07) is 9.33. The van der Waals surface area contributed by atoms with Crippen molar-refractivity contribution in [1.29, 1.82) is 0 Å². The van der Waals surface area contributed by atoms with E-state index in [1.807, 2.05) is 30.3 Å². The zero-order valence-corrected chi connectivity index (χ0v) is 9.66. The minimum Gasteiger partial charge on any atom is -0.391 e. The third-order valence-electron chi connectivity index (χ3n) is 3.32. The molecule has 4 heteroatoms. The molecule has 0 amide bonds. The molecule has 0 spiro atoms. The Labute approximate surface area is 101 Å². The molecule has 0 heterocycles. The van der Waals surface area contributed by atoms with Gasteiger partial charge in [0.15, 0.2) is 0 Å². The van der Waals surface area contributed by atoms with Crippen LogP contribution in [-0.4, -0.2) is 39.7 Å². The van der Waals surface area contributed by atoms with Gasteiger partial charge in [0.1, 0.15) is 0 Å². The highest BCUT2D eigenvalue weighted by Gasteiger charge is 2.36. The number of benzene rings is 1. The molecule has 1 aromatic carbocycles. The summed E-state index contributed by atoms with van der Waals surface area (Å²) >= 11 is 0. The lowest BCUT2D eigenvalue weighted by Crippen LogP contribution is -2.56. The fourth-order valence-electron chi connectivity index (χ4n) is 2.25. The second kappa shape index (κ2) is 5.60. The fourth-order valence-corrected chi connectivity index (χ4v) is 2.25. The fraction of sp³-hybridized carbons (Fsp3) is 0.538. The molecule has 0 aromatic heterocycles. The van der Waals surface area contributed by atoms with E-state index in [1.54, 1.807) is 0 Å². The Morgan fingerprint density at radius 1 is 1.00 bits per heavy atom. The van der Waals surface area contributed by atoms with E-state index in [4.69, 9.17) is 0 Å². The van der Waals surface area contributed by atoms with Gasteiger partial charge in [-0.05, 0) is 18.4 Å². The molecule has 0 radical (unpaired) electrons. The highest BCUT2D eigenvalue weighted by Crippen LogP contribution is 2.20. The van der Waals surface area contributed by atoms with E-state index in [9.17, 15) is 15.3 Å². The van der Waals surface area contributed by atoms with Crippen LogP contribution < -0.4 is 5.32 Å². The number of aliphatic hydroxyl groups is 3. The predicted octanol–water partition coefficient (Wildman–Crippen LogP) is 0.0213. The number of hydrogen-bond acceptors (Lipinski definition) is 4. The van der Waals surface area contributed by atoms with Gasteiger partial charge in [0.05, 0.1) is 24.4 Å². The molecule has 2 rings (SSSR count). The molecule has 4 atom stereocenters. The topological polar surface area (TPSA) is 72.7 Å². The molecule has 1 aliphatic rings. The van der Waals surface area contributed by atoms with Gasteiger partial charge in [0, 0.05) is 6.54 Å². The third-order valence-corrected chi connectivity index (χ3v) is 3.32. The molecule has 1 aliphatic carbocycles. The van der Waals surface area contributed by atoms with Gasteiger partial charge in [0.2, 0.25) is 0 Å². The van der Waals surface area contributed by atoms with Crippen LogP contribution in [0.5, 0.6) is 0 Å². The summed E-state index contributed by atoms with van der Waals surface area (Å²) in [6.45, 7) is 0.576. The van der Waals surface area contributed by atoms with Crippen molar-refractivity contribution in [2.75, 3.05) is 0 Å². The first-order valence-electron chi connectivity index (χ1n) is 6.00. The van der Waals surface area contributed by atoms with Gasteiger partial charge in [-0.25, -0.2) is 0 Å². The van der Waals surface area contributed by atoms with Gasteiger partial charge >= 0.3 is 0 Å². The molecule has 4 nitrogen and oxygen atoms in total. The van der Waals surface area contributed by atoms with Crippen LogP contribution in [0.1, 0.15) is 18.4 Å². The maximum Gasteiger partial charge on any atom is 0.0976 e. The summed E-state index contributed by atoms with van der Waals surface area (Å²) in [6.07, 6.45) is -1.28. The highest BCUT2D eigenvalue weighted by molar-refractivity contribution is 5.14. The Morgan fingerprint density at radius 2 is 1.65 bits per heavy atom. The molecule has 0 saturated heterocycles. The standard InChI is InChI=1S/C13H19NO3/c15-10-6-7-11(16)13(17)12(10)14-8-9-4-2-1-3-5-9/h1-5,10-17H,6-8H2/t10-,11+,12+,13-/m1/s1. The summed E-state index contributed by atoms with van der Waals surface area (Å²) in [4.78, 5) is 0. The van der Waals surface area contributed by atoms with Crippen LogP contribution in [0, 0.1) is 0 Å². The molecular weight excluding hydrogens is 218 g/mol. The molecule has 1 aromatic rings. The van der Waals surface area contributed by atoms with Crippen molar-refractivity contribution in [3.05, 3.63) is 35.9 Å². The lowest BCUT2D eigenvalue weighted by Gasteiger charge is -2.36. The van der Waals surface area contributed by atoms with Crippen LogP contribution in [0.2, 0.25) is 0 Å². The number of nitrogens with one attached hydrogen (secondary N) is 1. The molecule has 0 unspecified atom stereocenters. The monoisotopic (exact) mass is 237 g/mol. The number of hydrogen-bond donors (Lipinski definition) is 4. The lowest BCUT2D eigenvalue weighted by molar-refractivity contribution is -0.0753. The Balaban J connectivity index is 1.93. The van der Waals surface area contributed by atoms with E-state index in [2.05, 4.69) is 5.32 Å². The van der Waals surface area contributed by atoms with Gasteiger partial charge < -0.3 is 20.6 Å². The second-order valence-electron chi connectivity index (χ2n) is 4.59. The van der Waals surface area contributed by atoms with Crippen LogP contribution >= 0.6 is 0 Å². The van der Waals surface area contributed by atoms with Crippen LogP contribution in [0.4, 0.5) is 0 Å². The smallest absolute Gasteiger partial charge is 0.0976 e. The van der Waals surface area contributed by atoms with Crippen molar-refractivity contribution in [3.8, 4) is 0 Å². The van der Waals surface area contributed by atoms with Crippen molar-refractivity contribution in [1.82, 2.24) is 5.32 Å². The van der Waals surface area contributed by atoms with Crippen LogP contribution in [0.25, 0.3) is 0 Å². The summed E-state index contributed by atoms with van der Waals surface area (Å²) in [7, 11) is 0. The van der Waals surface area contributed by atoms with Gasteiger partial charge in [-0.1, -0.05) is 30.3 Å². The first kappa shape index (κ1) is 12.5. The summed E-state index contributed by atoms with van der Waals surface area (Å²) < 4.78 is 0. The number of rotatable bonds is 3. The number of aliphatic hydroxyl groups excluding tert-OH is 3. The van der Waals surface area contributed by atoms with Gasteiger partial charge in [-0.15, -0.1) is 0 Å². The Hall–Kier alpha value is -0.940. The van der Waals surface area contributed by atoms with E-state index in [0.717, 1.165) is 5.56 Å². The maximum atomic E-state index is 9.81. The first-order chi connectivity index (χ1) is 8.18. The highest BCUT2D eigenvalue weighted by atomic mass is 16.3. The van der Waals surface area contributed by atoms with E-state index >= 15 is 0 Å². The van der Waals surface area contributed by atoms with E-state index in [0.29, 0.717) is 19.4 Å². The predicted molar refractivity (Wildman–Crippen MR) is 64.3 cm³/mol. The first-order valence-corrected chi connectivity index (χ1v) is 6.00. The minimum absolute atomic E-state index is 0.450. The molecule has 17 heavy (non-hydrogen) atoms. The summed E-state index contributed by atoms with van der Waals surface area (Å²) in [5.74, 6) is 0. The quantitative estimate of drug-likeness (QED) is 0.598. The zero-order chi connectivity index (χ0) is 12.3. The molecule has 0 bridgehead atoms. The van der Waals surface area contributed by atoms with Crippen molar-refractivity contribution in [2.24, 2.45) is 0 Å². The van der Waals surface area contributed by atoms with Crippen molar-refractivity contribution in [3.63, 3.8) is 0 Å². The van der Waals surface area contributed by atoms with Crippen LogP contribution in [-0.2, 0) is 6.54 Å². The van der Waals surface area contributed by atoms with E-state index < -0.39 is 24.4 Å². The van der Waals surface area contributed by atoms with Gasteiger partial charge in [-0.2, -0.15) is 0 Å². The van der Waals surface area contributed by atoms with Crippen molar-refractivity contribution in [2.45, 2.75) is 43.7 Å². The van der Waals surface area contributed by atoms with Gasteiger partial charge in [-0.3, -0.25) is 0 Å². The summed E-state index contributed by atoms with van der Waals surface area (Å²) in [5.41, 5.74) is 1.09. The second-order valence-corrected chi connectivity index (χ2v) is 4.59. The molecule has 1 saturated carbocycles. The minimum atomic E-state index is -0.900. The molecule has 1 fully saturated rings. The zero-order valence-electron chi connectivity index (χ0n) is 9.66. The molecule has 94 valence electrons. The summed E-state index contributed by atoms with van der Waals surface area (Å²) in [5, 5.41) is 32.3. The van der Waals surface area contributed by atoms with Crippen LogP contribution in [0.3, 0.4) is 0 Å². The average Bonchev–Trinajstić information content (AvgIpc) is 2.35. The molecule has 0 aliphatic heterocycles. The van der Waals surface area contributed by atoms with Gasteiger partial charge in [0.25, 0.3) is 0 Å². The largest absolute Gasteiger partial charge is 0.391 e.